The highest BCUT2D eigenvalue weighted by atomic mass is 16.5. The molecule has 2 heterocycles. The summed E-state index contributed by atoms with van der Waals surface area (Å²) in [5.74, 6) is 0.905. The van der Waals surface area contributed by atoms with Crippen LogP contribution in [0, 0.1) is 0 Å². The number of ketones is 1. The van der Waals surface area contributed by atoms with E-state index in [-0.39, 0.29) is 5.78 Å². The number of imidazole rings is 1. The Morgan fingerprint density at radius 3 is 2.31 bits per heavy atom. The number of ether oxygens (including phenoxy) is 1. The molecule has 0 amide bonds. The molecule has 0 spiro atoms. The Kier molecular flexibility index (Phi) is 6.61. The molecule has 0 saturated carbocycles. The lowest BCUT2D eigenvalue weighted by molar-refractivity contribution is 0.0979. The molecule has 0 atom stereocenters. The number of benzene rings is 3. The number of carbonyl (C=O) groups is 1. The molecule has 35 heavy (non-hydrogen) atoms. The molecule has 0 unspecified atom stereocenters. The van der Waals surface area contributed by atoms with Gasteiger partial charge in [0.2, 0.25) is 0 Å². The first-order chi connectivity index (χ1) is 17.2. The number of aromatic nitrogens is 4. The predicted molar refractivity (Wildman–Crippen MR) is 137 cm³/mol. The lowest BCUT2D eigenvalue weighted by Gasteiger charge is -2.12. The summed E-state index contributed by atoms with van der Waals surface area (Å²) in [6, 6.07) is 23.4. The van der Waals surface area contributed by atoms with Crippen molar-refractivity contribution < 1.29 is 9.53 Å². The fourth-order valence-corrected chi connectivity index (χ4v) is 4.12. The summed E-state index contributed by atoms with van der Waals surface area (Å²) in [5.41, 5.74) is 5.65. The molecule has 0 radical (unpaired) electrons. The molecular weight excluding hydrogens is 436 g/mol. The van der Waals surface area contributed by atoms with E-state index in [1.807, 2.05) is 83.6 Å². The van der Waals surface area contributed by atoms with Crippen molar-refractivity contribution in [1.82, 2.24) is 19.5 Å². The molecule has 5 rings (SSSR count). The van der Waals surface area contributed by atoms with Crippen LogP contribution >= 0.6 is 0 Å². The molecule has 0 aliphatic heterocycles. The topological polar surface area (TPSA) is 69.9 Å². The van der Waals surface area contributed by atoms with Crippen LogP contribution in [0.3, 0.4) is 0 Å². The van der Waals surface area contributed by atoms with Gasteiger partial charge in [-0.1, -0.05) is 30.3 Å². The van der Waals surface area contributed by atoms with Gasteiger partial charge in [-0.3, -0.25) is 4.79 Å². The number of methoxy groups -OCH3 is 1. The van der Waals surface area contributed by atoms with Gasteiger partial charge in [-0.2, -0.15) is 0 Å². The molecule has 6 heteroatoms. The van der Waals surface area contributed by atoms with Gasteiger partial charge in [-0.05, 0) is 55.3 Å². The number of carbonyl (C=O) groups excluding carboxylic acids is 1. The number of rotatable bonds is 9. The third kappa shape index (κ3) is 5.11. The monoisotopic (exact) mass is 462 g/mol. The fraction of sp³-hybridized carbons (Fsp3) is 0.172. The maximum absolute atomic E-state index is 12.9. The van der Waals surface area contributed by atoms with E-state index in [4.69, 9.17) is 14.7 Å². The van der Waals surface area contributed by atoms with Crippen molar-refractivity contribution >= 4 is 16.8 Å². The van der Waals surface area contributed by atoms with Gasteiger partial charge >= 0.3 is 0 Å². The number of unbranched alkanes of at least 4 members (excludes halogenated alkanes) is 1. The van der Waals surface area contributed by atoms with Crippen molar-refractivity contribution in [2.45, 2.75) is 25.8 Å². The molecule has 0 bridgehead atoms. The summed E-state index contributed by atoms with van der Waals surface area (Å²) in [6.07, 6.45) is 7.76. The van der Waals surface area contributed by atoms with Gasteiger partial charge in [-0.25, -0.2) is 15.0 Å². The second-order valence-corrected chi connectivity index (χ2v) is 8.40. The molecule has 5 aromatic rings. The Bertz CT molecular complexity index is 1430. The minimum atomic E-state index is 0.123. The van der Waals surface area contributed by atoms with Crippen LogP contribution in [-0.2, 0) is 6.54 Å². The zero-order chi connectivity index (χ0) is 24.0. The van der Waals surface area contributed by atoms with E-state index in [2.05, 4.69) is 4.98 Å². The summed E-state index contributed by atoms with van der Waals surface area (Å²) >= 11 is 0. The van der Waals surface area contributed by atoms with Gasteiger partial charge in [-0.15, -0.1) is 0 Å². The van der Waals surface area contributed by atoms with E-state index in [1.54, 1.807) is 19.6 Å². The fourth-order valence-electron chi connectivity index (χ4n) is 4.12. The predicted octanol–water partition coefficient (Wildman–Crippen LogP) is 6.22. The highest BCUT2D eigenvalue weighted by Gasteiger charge is 2.15. The first-order valence-corrected chi connectivity index (χ1v) is 11.7. The Balaban J connectivity index is 1.44. The summed E-state index contributed by atoms with van der Waals surface area (Å²) < 4.78 is 7.34. The summed E-state index contributed by atoms with van der Waals surface area (Å²) in [5, 5.41) is 0. The van der Waals surface area contributed by atoms with Crippen LogP contribution < -0.4 is 4.74 Å². The van der Waals surface area contributed by atoms with Gasteiger partial charge in [0.15, 0.2) is 5.78 Å². The maximum atomic E-state index is 12.9. The lowest BCUT2D eigenvalue weighted by atomic mass is 10.0. The highest BCUT2D eigenvalue weighted by molar-refractivity contribution is 5.99. The Morgan fingerprint density at radius 1 is 0.857 bits per heavy atom. The SMILES string of the molecule is COc1ccc(-c2nc3cc(C(=O)CCCCn4ccnc4)ccc3nc2-c2ccccc2)cc1. The van der Waals surface area contributed by atoms with Crippen LogP contribution in [0.5, 0.6) is 5.75 Å². The molecule has 0 N–H and O–H groups in total. The standard InChI is InChI=1S/C29H26N4O2/c1-35-24-13-10-22(11-14-24)29-28(21-7-3-2-4-8-21)31-25-15-12-23(19-26(25)32-29)27(34)9-5-6-17-33-18-16-30-20-33/h2-4,7-8,10-16,18-20H,5-6,9,17H2,1H3. The smallest absolute Gasteiger partial charge is 0.162 e. The van der Waals surface area contributed by atoms with E-state index in [1.165, 1.54) is 0 Å². The summed E-state index contributed by atoms with van der Waals surface area (Å²) in [6.45, 7) is 0.865. The normalized spacial score (nSPS) is 11.0. The maximum Gasteiger partial charge on any atom is 0.162 e. The molecule has 6 nitrogen and oxygen atoms in total. The van der Waals surface area contributed by atoms with Crippen molar-refractivity contribution in [3.05, 3.63) is 97.1 Å². The van der Waals surface area contributed by atoms with E-state index >= 15 is 0 Å². The van der Waals surface area contributed by atoms with E-state index < -0.39 is 0 Å². The molecule has 0 aliphatic carbocycles. The van der Waals surface area contributed by atoms with Crippen LogP contribution in [0.25, 0.3) is 33.5 Å². The van der Waals surface area contributed by atoms with Crippen LogP contribution in [0.15, 0.2) is 91.5 Å². The number of Topliss-reactive ketones (excluding diaryl/α,β-unsaturated/α-hetero) is 1. The summed E-state index contributed by atoms with van der Waals surface area (Å²) in [7, 11) is 1.65. The number of aryl methyl sites for hydroxylation is 1. The Hall–Kier alpha value is -4.32. The van der Waals surface area contributed by atoms with Gasteiger partial charge < -0.3 is 9.30 Å². The first-order valence-electron chi connectivity index (χ1n) is 11.7. The molecule has 0 saturated heterocycles. The minimum absolute atomic E-state index is 0.123. The second-order valence-electron chi connectivity index (χ2n) is 8.40. The molecule has 2 aromatic heterocycles. The van der Waals surface area contributed by atoms with Crippen LogP contribution in [0.1, 0.15) is 29.6 Å². The van der Waals surface area contributed by atoms with Crippen molar-refractivity contribution in [2.75, 3.05) is 7.11 Å². The van der Waals surface area contributed by atoms with E-state index in [0.717, 1.165) is 53.2 Å². The largest absolute Gasteiger partial charge is 0.497 e. The van der Waals surface area contributed by atoms with Crippen molar-refractivity contribution in [1.29, 1.82) is 0 Å². The number of nitrogens with zero attached hydrogens (tertiary/aromatic N) is 4. The van der Waals surface area contributed by atoms with Crippen LogP contribution in [-0.4, -0.2) is 32.4 Å². The molecular formula is C29H26N4O2. The minimum Gasteiger partial charge on any atom is -0.497 e. The number of hydrogen-bond acceptors (Lipinski definition) is 5. The van der Waals surface area contributed by atoms with Gasteiger partial charge in [0, 0.05) is 42.0 Å². The average molecular weight is 463 g/mol. The van der Waals surface area contributed by atoms with E-state index in [9.17, 15) is 4.79 Å². The second kappa shape index (κ2) is 10.3. The summed E-state index contributed by atoms with van der Waals surface area (Å²) in [4.78, 5) is 26.9. The zero-order valence-corrected chi connectivity index (χ0v) is 19.6. The Morgan fingerprint density at radius 2 is 1.60 bits per heavy atom. The van der Waals surface area contributed by atoms with Crippen molar-refractivity contribution in [3.63, 3.8) is 0 Å². The lowest BCUT2D eigenvalue weighted by Crippen LogP contribution is -2.02. The number of fused-ring (bicyclic) bond motifs is 1. The van der Waals surface area contributed by atoms with Crippen LogP contribution in [0.4, 0.5) is 0 Å². The van der Waals surface area contributed by atoms with Crippen molar-refractivity contribution in [3.8, 4) is 28.3 Å². The number of hydrogen-bond donors (Lipinski definition) is 0. The quantitative estimate of drug-likeness (QED) is 0.192. The highest BCUT2D eigenvalue weighted by Crippen LogP contribution is 2.32. The van der Waals surface area contributed by atoms with Gasteiger partial charge in [0.05, 0.1) is 35.9 Å². The third-order valence-corrected chi connectivity index (χ3v) is 6.03. The van der Waals surface area contributed by atoms with E-state index in [0.29, 0.717) is 17.5 Å². The Labute approximate surface area is 204 Å². The molecule has 174 valence electrons. The first kappa shape index (κ1) is 22.5. The van der Waals surface area contributed by atoms with Gasteiger partial charge in [0.25, 0.3) is 0 Å². The molecule has 0 fully saturated rings. The molecule has 3 aromatic carbocycles. The van der Waals surface area contributed by atoms with Crippen molar-refractivity contribution in [2.24, 2.45) is 0 Å². The molecule has 0 aliphatic rings. The third-order valence-electron chi connectivity index (χ3n) is 6.03. The van der Waals surface area contributed by atoms with Gasteiger partial charge in [0.1, 0.15) is 5.75 Å². The zero-order valence-electron chi connectivity index (χ0n) is 19.6. The average Bonchev–Trinajstić information content (AvgIpc) is 3.44. The van der Waals surface area contributed by atoms with Crippen LogP contribution in [0.2, 0.25) is 0 Å².